The normalized spacial score (nSPS) is 13.9. The number of para-hydroxylation sites is 2. The van der Waals surface area contributed by atoms with Crippen LogP contribution in [0.25, 0.3) is 6.08 Å². The number of Topliss-reactive ketones (excluding diaryl/α,β-unsaturated/α-hetero) is 1. The van der Waals surface area contributed by atoms with Crippen LogP contribution >= 0.6 is 11.8 Å². The van der Waals surface area contributed by atoms with Crippen molar-refractivity contribution in [3.8, 4) is 5.75 Å². The van der Waals surface area contributed by atoms with E-state index in [0.717, 1.165) is 4.90 Å². The minimum absolute atomic E-state index is 0.0922. The Morgan fingerprint density at radius 2 is 1.66 bits per heavy atom. The van der Waals surface area contributed by atoms with Gasteiger partial charge in [0.15, 0.2) is 0 Å². The Hall–Kier alpha value is -3.71. The molecule has 0 N–H and O–H groups in total. The maximum absolute atomic E-state index is 12.6. The Kier molecular flexibility index (Phi) is 4.97. The summed E-state index contributed by atoms with van der Waals surface area (Å²) < 4.78 is 5.44. The zero-order valence-corrected chi connectivity index (χ0v) is 15.7. The van der Waals surface area contributed by atoms with Crippen molar-refractivity contribution < 1.29 is 19.2 Å². The van der Waals surface area contributed by atoms with E-state index in [1.807, 2.05) is 18.2 Å². The first-order valence-corrected chi connectivity index (χ1v) is 9.44. The highest BCUT2D eigenvalue weighted by atomic mass is 32.2. The molecule has 7 heteroatoms. The average Bonchev–Trinajstić information content (AvgIpc) is 3.05. The summed E-state index contributed by atoms with van der Waals surface area (Å²) in [5.41, 5.74) is 0.699. The predicted molar refractivity (Wildman–Crippen MR) is 109 cm³/mol. The standard InChI is InChI=1S/C22H13NO5S/c24-21-16-9-3-6-12-19(16)29-20(21)13-14-7-1-5-11-18(14)28-22(25)15-8-2-4-10-17(15)23(26)27/h1-13H. The van der Waals surface area contributed by atoms with Crippen molar-refractivity contribution in [2.75, 3.05) is 0 Å². The first-order chi connectivity index (χ1) is 14.0. The van der Waals surface area contributed by atoms with Gasteiger partial charge in [0.1, 0.15) is 11.3 Å². The van der Waals surface area contributed by atoms with Gasteiger partial charge in [0.25, 0.3) is 5.69 Å². The number of allylic oxidation sites excluding steroid dienone is 1. The molecular formula is C22H13NO5S. The molecule has 1 aliphatic rings. The van der Waals surface area contributed by atoms with Crippen LogP contribution in [0.3, 0.4) is 0 Å². The highest BCUT2D eigenvalue weighted by Gasteiger charge is 2.26. The van der Waals surface area contributed by atoms with E-state index < -0.39 is 10.9 Å². The van der Waals surface area contributed by atoms with Crippen LogP contribution in [-0.4, -0.2) is 16.7 Å². The lowest BCUT2D eigenvalue weighted by Crippen LogP contribution is -2.11. The Labute approximate surface area is 170 Å². The lowest BCUT2D eigenvalue weighted by molar-refractivity contribution is -0.385. The molecule has 0 saturated heterocycles. The number of thioether (sulfide) groups is 1. The third-order valence-electron chi connectivity index (χ3n) is 4.30. The van der Waals surface area contributed by atoms with Gasteiger partial charge in [-0.25, -0.2) is 4.79 Å². The number of esters is 1. The van der Waals surface area contributed by atoms with E-state index in [2.05, 4.69) is 0 Å². The molecule has 3 aromatic rings. The molecule has 0 spiro atoms. The second-order valence-corrected chi connectivity index (χ2v) is 7.22. The number of nitro benzene ring substituents is 1. The van der Waals surface area contributed by atoms with Crippen molar-refractivity contribution in [3.05, 3.63) is 105 Å². The smallest absolute Gasteiger partial charge is 0.350 e. The third kappa shape index (κ3) is 3.68. The molecule has 0 fully saturated rings. The van der Waals surface area contributed by atoms with Gasteiger partial charge in [0.2, 0.25) is 5.78 Å². The van der Waals surface area contributed by atoms with Crippen molar-refractivity contribution in [2.24, 2.45) is 0 Å². The summed E-state index contributed by atoms with van der Waals surface area (Å²) in [6.45, 7) is 0. The largest absolute Gasteiger partial charge is 0.422 e. The number of carbonyl (C=O) groups excluding carboxylic acids is 2. The van der Waals surface area contributed by atoms with Gasteiger partial charge in [-0.15, -0.1) is 0 Å². The Morgan fingerprint density at radius 1 is 0.966 bits per heavy atom. The molecule has 0 aromatic heterocycles. The number of nitrogens with zero attached hydrogens (tertiary/aromatic N) is 1. The maximum atomic E-state index is 12.6. The van der Waals surface area contributed by atoms with E-state index >= 15 is 0 Å². The van der Waals surface area contributed by atoms with Crippen LogP contribution in [0.5, 0.6) is 5.75 Å². The molecule has 3 aromatic carbocycles. The molecule has 0 aliphatic carbocycles. The molecule has 0 bridgehead atoms. The molecule has 29 heavy (non-hydrogen) atoms. The van der Waals surface area contributed by atoms with E-state index in [0.29, 0.717) is 16.0 Å². The highest BCUT2D eigenvalue weighted by molar-refractivity contribution is 8.04. The van der Waals surface area contributed by atoms with Gasteiger partial charge >= 0.3 is 5.97 Å². The quantitative estimate of drug-likeness (QED) is 0.197. The van der Waals surface area contributed by atoms with Gasteiger partial charge in [0, 0.05) is 22.1 Å². The molecular weight excluding hydrogens is 390 g/mol. The van der Waals surface area contributed by atoms with Crippen molar-refractivity contribution in [1.82, 2.24) is 0 Å². The van der Waals surface area contributed by atoms with Crippen LogP contribution in [0.15, 0.2) is 82.6 Å². The lowest BCUT2D eigenvalue weighted by Gasteiger charge is -2.08. The summed E-state index contributed by atoms with van der Waals surface area (Å²) in [6.07, 6.45) is 1.66. The minimum atomic E-state index is -0.836. The lowest BCUT2D eigenvalue weighted by atomic mass is 10.1. The van der Waals surface area contributed by atoms with Crippen molar-refractivity contribution in [3.63, 3.8) is 0 Å². The number of hydrogen-bond donors (Lipinski definition) is 0. The first-order valence-electron chi connectivity index (χ1n) is 8.62. The van der Waals surface area contributed by atoms with Crippen LogP contribution < -0.4 is 4.74 Å². The predicted octanol–water partition coefficient (Wildman–Crippen LogP) is 5.14. The van der Waals surface area contributed by atoms with Crippen LogP contribution in [0.1, 0.15) is 26.3 Å². The topological polar surface area (TPSA) is 86.5 Å². The minimum Gasteiger partial charge on any atom is -0.422 e. The maximum Gasteiger partial charge on any atom is 0.350 e. The van der Waals surface area contributed by atoms with E-state index in [1.54, 1.807) is 36.4 Å². The molecule has 142 valence electrons. The fourth-order valence-electron chi connectivity index (χ4n) is 2.93. The molecule has 0 atom stereocenters. The molecule has 0 unspecified atom stereocenters. The zero-order chi connectivity index (χ0) is 20.4. The second-order valence-electron chi connectivity index (χ2n) is 6.14. The number of nitro groups is 1. The number of benzene rings is 3. The molecule has 0 saturated carbocycles. The number of carbonyl (C=O) groups is 2. The average molecular weight is 403 g/mol. The molecule has 1 aliphatic heterocycles. The van der Waals surface area contributed by atoms with Gasteiger partial charge in [0.05, 0.1) is 9.83 Å². The van der Waals surface area contributed by atoms with Crippen LogP contribution in [0, 0.1) is 10.1 Å². The second kappa shape index (κ2) is 7.73. The summed E-state index contributed by atoms with van der Waals surface area (Å²) >= 11 is 1.35. The fourth-order valence-corrected chi connectivity index (χ4v) is 3.97. The number of rotatable bonds is 4. The Morgan fingerprint density at radius 3 is 2.45 bits per heavy atom. The molecule has 0 radical (unpaired) electrons. The Balaban J connectivity index is 1.65. The summed E-state index contributed by atoms with van der Waals surface area (Å²) in [5.74, 6) is -0.713. The van der Waals surface area contributed by atoms with Crippen LogP contribution in [0.2, 0.25) is 0 Å². The molecule has 4 rings (SSSR count). The number of ketones is 1. The summed E-state index contributed by atoms with van der Waals surface area (Å²) in [4.78, 5) is 37.1. The number of fused-ring (bicyclic) bond motifs is 1. The summed E-state index contributed by atoms with van der Waals surface area (Å²) in [5, 5.41) is 11.2. The fraction of sp³-hybridized carbons (Fsp3) is 0. The van der Waals surface area contributed by atoms with E-state index in [1.165, 1.54) is 36.0 Å². The third-order valence-corrected chi connectivity index (χ3v) is 5.40. The summed E-state index contributed by atoms with van der Waals surface area (Å²) in [6, 6.07) is 19.6. The molecule has 1 heterocycles. The SMILES string of the molecule is O=C1C(=Cc2ccccc2OC(=O)c2ccccc2[N+](=O)[O-])Sc2ccccc21. The van der Waals surface area contributed by atoms with Gasteiger partial charge in [-0.1, -0.05) is 54.2 Å². The van der Waals surface area contributed by atoms with Gasteiger partial charge < -0.3 is 4.74 Å². The van der Waals surface area contributed by atoms with Crippen LogP contribution in [-0.2, 0) is 0 Å². The van der Waals surface area contributed by atoms with E-state index in [-0.39, 0.29) is 22.8 Å². The number of ether oxygens (including phenoxy) is 1. The van der Waals surface area contributed by atoms with Gasteiger partial charge in [-0.2, -0.15) is 0 Å². The zero-order valence-electron chi connectivity index (χ0n) is 14.9. The first kappa shape index (κ1) is 18.6. The van der Waals surface area contributed by atoms with E-state index in [4.69, 9.17) is 4.74 Å². The van der Waals surface area contributed by atoms with Gasteiger partial charge in [-0.3, -0.25) is 14.9 Å². The monoisotopic (exact) mass is 403 g/mol. The van der Waals surface area contributed by atoms with Crippen molar-refractivity contribution in [2.45, 2.75) is 4.90 Å². The van der Waals surface area contributed by atoms with E-state index in [9.17, 15) is 19.7 Å². The highest BCUT2D eigenvalue weighted by Crippen LogP contribution is 2.41. The van der Waals surface area contributed by atoms with Gasteiger partial charge in [-0.05, 0) is 30.3 Å². The van der Waals surface area contributed by atoms with Crippen LogP contribution in [0.4, 0.5) is 5.69 Å². The molecule has 0 amide bonds. The van der Waals surface area contributed by atoms with Crippen molar-refractivity contribution >= 4 is 35.3 Å². The van der Waals surface area contributed by atoms with Crippen molar-refractivity contribution in [1.29, 1.82) is 0 Å². The molecule has 6 nitrogen and oxygen atoms in total. The summed E-state index contributed by atoms with van der Waals surface area (Å²) in [7, 11) is 0. The number of hydrogen-bond acceptors (Lipinski definition) is 6. The Bertz CT molecular complexity index is 1190.